The van der Waals surface area contributed by atoms with E-state index >= 15 is 0 Å². The van der Waals surface area contributed by atoms with Crippen molar-refractivity contribution in [2.75, 3.05) is 21.1 Å². The number of halogens is 2. The Balaban J connectivity index is 2.46. The maximum absolute atomic E-state index is 14.1. The molecule has 1 fully saturated rings. The summed E-state index contributed by atoms with van der Waals surface area (Å²) >= 11 is 0. The lowest BCUT2D eigenvalue weighted by Crippen LogP contribution is -2.51. The molecule has 1 N–H and O–H groups in total. The third-order valence-corrected chi connectivity index (χ3v) is 4.48. The van der Waals surface area contributed by atoms with Crippen LogP contribution in [0.2, 0.25) is 0 Å². The van der Waals surface area contributed by atoms with E-state index in [1.54, 1.807) is 12.1 Å². The summed E-state index contributed by atoms with van der Waals surface area (Å²) in [5, 5.41) is 3.20. The highest BCUT2D eigenvalue weighted by molar-refractivity contribution is 5.27. The Bertz CT molecular complexity index is 440. The molecule has 106 valence electrons. The van der Waals surface area contributed by atoms with Crippen molar-refractivity contribution in [1.82, 2.24) is 10.2 Å². The molecule has 4 heteroatoms. The molecule has 19 heavy (non-hydrogen) atoms. The highest BCUT2D eigenvalue weighted by Crippen LogP contribution is 2.43. The summed E-state index contributed by atoms with van der Waals surface area (Å²) in [6.45, 7) is 0. The third kappa shape index (κ3) is 2.39. The standard InChI is InChI=1S/C15H22F2N2/c1-18-14(11-7-6-8-12(16)13(11)17)15(19(2)3)9-4-5-10-15/h6-8,14,18H,4-5,9-10H2,1-3H3. The van der Waals surface area contributed by atoms with E-state index in [0.717, 1.165) is 25.7 Å². The van der Waals surface area contributed by atoms with Crippen molar-refractivity contribution in [3.8, 4) is 0 Å². The molecule has 0 heterocycles. The molecular weight excluding hydrogens is 246 g/mol. The van der Waals surface area contributed by atoms with E-state index in [4.69, 9.17) is 0 Å². The van der Waals surface area contributed by atoms with Gasteiger partial charge in [-0.3, -0.25) is 0 Å². The van der Waals surface area contributed by atoms with Gasteiger partial charge in [-0.25, -0.2) is 8.78 Å². The number of nitrogens with one attached hydrogen (secondary N) is 1. The first-order valence-corrected chi connectivity index (χ1v) is 6.81. The van der Waals surface area contributed by atoms with Gasteiger partial charge in [0.25, 0.3) is 0 Å². The molecule has 1 saturated carbocycles. The molecule has 1 aliphatic rings. The van der Waals surface area contributed by atoms with E-state index in [-0.39, 0.29) is 11.6 Å². The van der Waals surface area contributed by atoms with Crippen LogP contribution in [0.3, 0.4) is 0 Å². The summed E-state index contributed by atoms with van der Waals surface area (Å²) in [5.41, 5.74) is 0.293. The van der Waals surface area contributed by atoms with Crippen LogP contribution in [0.1, 0.15) is 37.3 Å². The number of benzene rings is 1. The van der Waals surface area contributed by atoms with Gasteiger partial charge in [0.1, 0.15) is 0 Å². The lowest BCUT2D eigenvalue weighted by molar-refractivity contribution is 0.106. The Morgan fingerprint density at radius 1 is 1.21 bits per heavy atom. The van der Waals surface area contributed by atoms with Gasteiger partial charge in [0.15, 0.2) is 11.6 Å². The first-order valence-electron chi connectivity index (χ1n) is 6.81. The van der Waals surface area contributed by atoms with Gasteiger partial charge in [-0.1, -0.05) is 25.0 Å². The Morgan fingerprint density at radius 3 is 2.37 bits per heavy atom. The van der Waals surface area contributed by atoms with Crippen LogP contribution in [0, 0.1) is 11.6 Å². The van der Waals surface area contributed by atoms with Gasteiger partial charge in [-0.2, -0.15) is 0 Å². The zero-order chi connectivity index (χ0) is 14.0. The van der Waals surface area contributed by atoms with E-state index in [1.807, 2.05) is 21.1 Å². The van der Waals surface area contributed by atoms with Crippen LogP contribution >= 0.6 is 0 Å². The van der Waals surface area contributed by atoms with Crippen LogP contribution < -0.4 is 5.32 Å². The fourth-order valence-corrected chi connectivity index (χ4v) is 3.44. The smallest absolute Gasteiger partial charge is 0.163 e. The predicted octanol–water partition coefficient (Wildman–Crippen LogP) is 3.10. The van der Waals surface area contributed by atoms with Crippen molar-refractivity contribution in [3.05, 3.63) is 35.4 Å². The molecule has 0 spiro atoms. The van der Waals surface area contributed by atoms with Crippen molar-refractivity contribution in [1.29, 1.82) is 0 Å². The first kappa shape index (κ1) is 14.4. The number of rotatable bonds is 4. The molecule has 2 rings (SSSR count). The maximum atomic E-state index is 14.1. The SMILES string of the molecule is CNC(c1cccc(F)c1F)C1(N(C)C)CCCC1. The Labute approximate surface area is 113 Å². The van der Waals surface area contributed by atoms with Crippen molar-refractivity contribution in [2.24, 2.45) is 0 Å². The molecule has 1 unspecified atom stereocenters. The molecule has 0 amide bonds. The van der Waals surface area contributed by atoms with E-state index in [9.17, 15) is 8.78 Å². The van der Waals surface area contributed by atoms with Crippen molar-refractivity contribution in [2.45, 2.75) is 37.3 Å². The maximum Gasteiger partial charge on any atom is 0.163 e. The van der Waals surface area contributed by atoms with Crippen LogP contribution in [0.15, 0.2) is 18.2 Å². The zero-order valence-corrected chi connectivity index (χ0v) is 11.8. The average molecular weight is 268 g/mol. The number of hydrogen-bond acceptors (Lipinski definition) is 2. The minimum atomic E-state index is -0.773. The number of hydrogen-bond donors (Lipinski definition) is 1. The number of likely N-dealkylation sites (N-methyl/N-ethyl adjacent to an activating group) is 2. The largest absolute Gasteiger partial charge is 0.311 e. The van der Waals surface area contributed by atoms with Crippen LogP contribution in [0.25, 0.3) is 0 Å². The fraction of sp³-hybridized carbons (Fsp3) is 0.600. The van der Waals surface area contributed by atoms with Gasteiger partial charge in [0.05, 0.1) is 6.04 Å². The van der Waals surface area contributed by atoms with E-state index < -0.39 is 11.6 Å². The second-order valence-corrected chi connectivity index (χ2v) is 5.57. The zero-order valence-electron chi connectivity index (χ0n) is 11.8. The summed E-state index contributed by atoms with van der Waals surface area (Å²) < 4.78 is 27.6. The van der Waals surface area contributed by atoms with Crippen LogP contribution in [0.4, 0.5) is 8.78 Å². The molecule has 0 saturated heterocycles. The minimum absolute atomic E-state index is 0.136. The van der Waals surface area contributed by atoms with Gasteiger partial charge in [-0.05, 0) is 40.1 Å². The quantitative estimate of drug-likeness (QED) is 0.902. The van der Waals surface area contributed by atoms with Crippen molar-refractivity contribution in [3.63, 3.8) is 0 Å². The predicted molar refractivity (Wildman–Crippen MR) is 73.0 cm³/mol. The van der Waals surface area contributed by atoms with Crippen LogP contribution in [0.5, 0.6) is 0 Å². The summed E-state index contributed by atoms with van der Waals surface area (Å²) in [4.78, 5) is 2.16. The van der Waals surface area contributed by atoms with Gasteiger partial charge in [0, 0.05) is 11.1 Å². The highest BCUT2D eigenvalue weighted by atomic mass is 19.2. The molecule has 0 aromatic heterocycles. The molecule has 1 aromatic carbocycles. The Kier molecular flexibility index (Phi) is 4.21. The second kappa shape index (κ2) is 5.55. The number of nitrogens with zero attached hydrogens (tertiary/aromatic N) is 1. The first-order chi connectivity index (χ1) is 9.03. The summed E-state index contributed by atoms with van der Waals surface area (Å²) in [5.74, 6) is -1.50. The Morgan fingerprint density at radius 2 is 1.84 bits per heavy atom. The molecule has 1 aromatic rings. The topological polar surface area (TPSA) is 15.3 Å². The van der Waals surface area contributed by atoms with Gasteiger partial charge >= 0.3 is 0 Å². The monoisotopic (exact) mass is 268 g/mol. The minimum Gasteiger partial charge on any atom is -0.311 e. The molecule has 0 radical (unpaired) electrons. The third-order valence-electron chi connectivity index (χ3n) is 4.48. The molecule has 0 bridgehead atoms. The van der Waals surface area contributed by atoms with Crippen molar-refractivity contribution >= 4 is 0 Å². The summed E-state index contributed by atoms with van der Waals surface area (Å²) in [6, 6.07) is 4.24. The molecule has 0 aliphatic heterocycles. The fourth-order valence-electron chi connectivity index (χ4n) is 3.44. The Hall–Kier alpha value is -1.00. The van der Waals surface area contributed by atoms with E-state index in [1.165, 1.54) is 6.07 Å². The van der Waals surface area contributed by atoms with Gasteiger partial charge in [0.2, 0.25) is 0 Å². The van der Waals surface area contributed by atoms with Crippen molar-refractivity contribution < 1.29 is 8.78 Å². The van der Waals surface area contributed by atoms with Gasteiger partial charge < -0.3 is 10.2 Å². The lowest BCUT2D eigenvalue weighted by Gasteiger charge is -2.43. The lowest BCUT2D eigenvalue weighted by atomic mass is 9.82. The van der Waals surface area contributed by atoms with Crippen LogP contribution in [-0.4, -0.2) is 31.6 Å². The average Bonchev–Trinajstić information content (AvgIpc) is 2.86. The summed E-state index contributed by atoms with van der Waals surface area (Å²) in [7, 11) is 5.86. The van der Waals surface area contributed by atoms with E-state index in [2.05, 4.69) is 10.2 Å². The van der Waals surface area contributed by atoms with Crippen LogP contribution in [-0.2, 0) is 0 Å². The molecule has 1 atom stereocenters. The summed E-state index contributed by atoms with van der Waals surface area (Å²) in [6.07, 6.45) is 4.27. The molecule has 1 aliphatic carbocycles. The molecule has 2 nitrogen and oxygen atoms in total. The van der Waals surface area contributed by atoms with E-state index in [0.29, 0.717) is 5.56 Å². The second-order valence-electron chi connectivity index (χ2n) is 5.57. The van der Waals surface area contributed by atoms with Gasteiger partial charge in [-0.15, -0.1) is 0 Å². The highest BCUT2D eigenvalue weighted by Gasteiger charge is 2.44. The normalized spacial score (nSPS) is 19.9. The molecular formula is C15H22F2N2.